The maximum Gasteiger partial charge on any atom is 0.324 e. The summed E-state index contributed by atoms with van der Waals surface area (Å²) in [5.74, 6) is -1.38. The Hall–Kier alpha value is -1.96. The number of carbonyl (C=O) groups excluding carboxylic acids is 1. The first-order valence-electron chi connectivity index (χ1n) is 5.62. The highest BCUT2D eigenvalue weighted by atomic mass is 32.1. The molecule has 0 aliphatic heterocycles. The molecule has 0 saturated carbocycles. The van der Waals surface area contributed by atoms with Gasteiger partial charge in [-0.1, -0.05) is 11.3 Å². The van der Waals surface area contributed by atoms with Crippen LogP contribution in [0, 0.1) is 10.1 Å². The molecule has 1 amide bonds. The van der Waals surface area contributed by atoms with Gasteiger partial charge in [-0.25, -0.2) is 0 Å². The number of carboxylic acids is 1. The van der Waals surface area contributed by atoms with Crippen LogP contribution >= 0.6 is 11.3 Å². The first kappa shape index (κ1) is 15.1. The van der Waals surface area contributed by atoms with Crippen molar-refractivity contribution in [2.75, 3.05) is 6.54 Å². The van der Waals surface area contributed by atoms with Gasteiger partial charge in [-0.05, 0) is 13.8 Å². The normalized spacial score (nSPS) is 11.9. The standard InChI is InChI=1S/C11H14N2O5S/c1-3-12(7(2)4-10(14)15)11(16)8-5-9(13(17)18)19-6-8/h5-7H,3-4H2,1-2H3,(H,14,15). The van der Waals surface area contributed by atoms with Crippen LogP contribution in [0.3, 0.4) is 0 Å². The summed E-state index contributed by atoms with van der Waals surface area (Å²) in [6.07, 6.45) is -0.161. The number of amides is 1. The van der Waals surface area contributed by atoms with Crippen molar-refractivity contribution in [3.05, 3.63) is 27.1 Å². The molecule has 104 valence electrons. The van der Waals surface area contributed by atoms with E-state index in [4.69, 9.17) is 5.11 Å². The summed E-state index contributed by atoms with van der Waals surface area (Å²) in [6.45, 7) is 3.71. The summed E-state index contributed by atoms with van der Waals surface area (Å²) in [7, 11) is 0. The van der Waals surface area contributed by atoms with Gasteiger partial charge in [0.2, 0.25) is 0 Å². The minimum Gasteiger partial charge on any atom is -0.481 e. The summed E-state index contributed by atoms with van der Waals surface area (Å²) in [5, 5.41) is 20.6. The van der Waals surface area contributed by atoms with E-state index in [-0.39, 0.29) is 22.9 Å². The zero-order valence-electron chi connectivity index (χ0n) is 10.5. The number of nitro groups is 1. The average Bonchev–Trinajstić information content (AvgIpc) is 2.77. The first-order chi connectivity index (χ1) is 8.86. The molecular formula is C11H14N2O5S. The summed E-state index contributed by atoms with van der Waals surface area (Å²) < 4.78 is 0. The average molecular weight is 286 g/mol. The van der Waals surface area contributed by atoms with E-state index in [1.807, 2.05) is 0 Å². The molecule has 1 aromatic heterocycles. The smallest absolute Gasteiger partial charge is 0.324 e. The third kappa shape index (κ3) is 3.75. The van der Waals surface area contributed by atoms with Crippen LogP contribution in [0.15, 0.2) is 11.4 Å². The Bertz CT molecular complexity index is 499. The number of thiophene rings is 1. The number of carboxylic acid groups (broad SMARTS) is 1. The molecule has 1 unspecified atom stereocenters. The Kier molecular flexibility index (Phi) is 4.99. The molecule has 0 saturated heterocycles. The third-order valence-electron chi connectivity index (χ3n) is 2.62. The molecule has 0 aliphatic carbocycles. The molecular weight excluding hydrogens is 272 g/mol. The summed E-state index contributed by atoms with van der Waals surface area (Å²) in [5.41, 5.74) is 0.218. The van der Waals surface area contributed by atoms with Gasteiger partial charge in [0.15, 0.2) is 0 Å². The maximum absolute atomic E-state index is 12.2. The number of aliphatic carboxylic acids is 1. The minimum atomic E-state index is -0.991. The molecule has 8 heteroatoms. The maximum atomic E-state index is 12.2. The predicted molar refractivity (Wildman–Crippen MR) is 69.4 cm³/mol. The van der Waals surface area contributed by atoms with Crippen LogP contribution in [0.25, 0.3) is 0 Å². The molecule has 0 bridgehead atoms. The molecule has 1 atom stereocenters. The summed E-state index contributed by atoms with van der Waals surface area (Å²) in [4.78, 5) is 34.2. The van der Waals surface area contributed by atoms with Crippen molar-refractivity contribution in [1.29, 1.82) is 0 Å². The highest BCUT2D eigenvalue weighted by Crippen LogP contribution is 2.24. The fourth-order valence-corrected chi connectivity index (χ4v) is 2.41. The van der Waals surface area contributed by atoms with E-state index >= 15 is 0 Å². The largest absolute Gasteiger partial charge is 0.481 e. The van der Waals surface area contributed by atoms with Crippen molar-refractivity contribution in [3.8, 4) is 0 Å². The molecule has 0 radical (unpaired) electrons. The second-order valence-corrected chi connectivity index (χ2v) is 4.86. The molecule has 0 aliphatic rings. The number of nitrogens with zero attached hydrogens (tertiary/aromatic N) is 2. The van der Waals surface area contributed by atoms with Crippen LogP contribution in [-0.4, -0.2) is 39.4 Å². The highest BCUT2D eigenvalue weighted by molar-refractivity contribution is 7.13. The van der Waals surface area contributed by atoms with Crippen LogP contribution in [0.4, 0.5) is 5.00 Å². The van der Waals surface area contributed by atoms with Gasteiger partial charge < -0.3 is 10.0 Å². The van der Waals surface area contributed by atoms with E-state index in [1.54, 1.807) is 13.8 Å². The van der Waals surface area contributed by atoms with Gasteiger partial charge in [0.25, 0.3) is 5.91 Å². The second-order valence-electron chi connectivity index (χ2n) is 3.97. The van der Waals surface area contributed by atoms with Gasteiger partial charge in [-0.3, -0.25) is 19.7 Å². The zero-order chi connectivity index (χ0) is 14.6. The van der Waals surface area contributed by atoms with E-state index < -0.39 is 16.9 Å². The van der Waals surface area contributed by atoms with E-state index in [2.05, 4.69) is 0 Å². The Morgan fingerprint density at radius 2 is 2.21 bits per heavy atom. The van der Waals surface area contributed by atoms with Crippen molar-refractivity contribution in [1.82, 2.24) is 4.90 Å². The van der Waals surface area contributed by atoms with E-state index in [1.165, 1.54) is 16.3 Å². The molecule has 1 heterocycles. The van der Waals surface area contributed by atoms with Gasteiger partial charge in [0, 0.05) is 24.0 Å². The van der Waals surface area contributed by atoms with Gasteiger partial charge >= 0.3 is 11.0 Å². The number of hydrogen-bond donors (Lipinski definition) is 1. The summed E-state index contributed by atoms with van der Waals surface area (Å²) >= 11 is 0.877. The van der Waals surface area contributed by atoms with Crippen molar-refractivity contribution in [2.45, 2.75) is 26.3 Å². The van der Waals surface area contributed by atoms with Crippen LogP contribution in [0.1, 0.15) is 30.6 Å². The minimum absolute atomic E-state index is 0.106. The molecule has 1 N–H and O–H groups in total. The molecule has 1 aromatic rings. The fraction of sp³-hybridized carbons (Fsp3) is 0.455. The van der Waals surface area contributed by atoms with E-state index in [0.29, 0.717) is 6.54 Å². The van der Waals surface area contributed by atoms with Crippen molar-refractivity contribution >= 4 is 28.2 Å². The van der Waals surface area contributed by atoms with Crippen LogP contribution in [0.2, 0.25) is 0 Å². The van der Waals surface area contributed by atoms with Crippen LogP contribution in [0.5, 0.6) is 0 Å². The van der Waals surface area contributed by atoms with Crippen molar-refractivity contribution in [2.24, 2.45) is 0 Å². The Morgan fingerprint density at radius 3 is 2.63 bits per heavy atom. The van der Waals surface area contributed by atoms with Crippen LogP contribution < -0.4 is 0 Å². The number of hydrogen-bond acceptors (Lipinski definition) is 5. The Balaban J connectivity index is 2.88. The lowest BCUT2D eigenvalue weighted by molar-refractivity contribution is -0.380. The first-order valence-corrected chi connectivity index (χ1v) is 6.50. The van der Waals surface area contributed by atoms with Crippen LogP contribution in [-0.2, 0) is 4.79 Å². The molecule has 0 spiro atoms. The van der Waals surface area contributed by atoms with E-state index in [9.17, 15) is 19.7 Å². The Labute approximate surface area is 113 Å². The molecule has 1 rings (SSSR count). The molecule has 7 nitrogen and oxygen atoms in total. The van der Waals surface area contributed by atoms with Gasteiger partial charge in [-0.15, -0.1) is 0 Å². The van der Waals surface area contributed by atoms with Crippen molar-refractivity contribution in [3.63, 3.8) is 0 Å². The lowest BCUT2D eigenvalue weighted by Crippen LogP contribution is -2.39. The number of carbonyl (C=O) groups is 2. The Morgan fingerprint density at radius 1 is 1.58 bits per heavy atom. The van der Waals surface area contributed by atoms with Gasteiger partial charge in [-0.2, -0.15) is 0 Å². The van der Waals surface area contributed by atoms with Gasteiger partial charge in [0.1, 0.15) is 0 Å². The quantitative estimate of drug-likeness (QED) is 0.636. The lowest BCUT2D eigenvalue weighted by atomic mass is 10.1. The van der Waals surface area contributed by atoms with E-state index in [0.717, 1.165) is 11.3 Å². The molecule has 19 heavy (non-hydrogen) atoms. The fourth-order valence-electron chi connectivity index (χ4n) is 1.72. The van der Waals surface area contributed by atoms with Gasteiger partial charge in [0.05, 0.1) is 16.9 Å². The molecule has 0 aromatic carbocycles. The highest BCUT2D eigenvalue weighted by Gasteiger charge is 2.24. The second kappa shape index (κ2) is 6.28. The number of rotatable bonds is 6. The third-order valence-corrected chi connectivity index (χ3v) is 3.50. The predicted octanol–water partition coefficient (Wildman–Crippen LogP) is 1.98. The zero-order valence-corrected chi connectivity index (χ0v) is 11.3. The lowest BCUT2D eigenvalue weighted by Gasteiger charge is -2.26. The SMILES string of the molecule is CCN(C(=O)c1csc([N+](=O)[O-])c1)C(C)CC(=O)O. The molecule has 0 fully saturated rings. The topological polar surface area (TPSA) is 101 Å². The van der Waals surface area contributed by atoms with Crippen molar-refractivity contribution < 1.29 is 19.6 Å². The monoisotopic (exact) mass is 286 g/mol. The summed E-state index contributed by atoms with van der Waals surface area (Å²) in [6, 6.07) is 0.748.